The van der Waals surface area contributed by atoms with Crippen molar-refractivity contribution in [1.82, 2.24) is 9.78 Å². The van der Waals surface area contributed by atoms with Crippen molar-refractivity contribution in [2.75, 3.05) is 6.61 Å². The molecule has 0 spiro atoms. The predicted octanol–water partition coefficient (Wildman–Crippen LogP) is 0.754. The topological polar surface area (TPSA) is 64.3 Å². The zero-order chi connectivity index (χ0) is 10.7. The number of aryl methyl sites for hydroxylation is 2. The molecule has 0 aromatic carbocycles. The summed E-state index contributed by atoms with van der Waals surface area (Å²) in [5.41, 5.74) is 1.36. The van der Waals surface area contributed by atoms with Crippen LogP contribution >= 0.6 is 0 Å². The molecule has 0 saturated carbocycles. The zero-order valence-corrected chi connectivity index (χ0v) is 8.57. The van der Waals surface area contributed by atoms with Crippen LogP contribution in [0.25, 0.3) is 0 Å². The molecule has 1 aromatic rings. The normalized spacial score (nSPS) is 10.2. The maximum absolute atomic E-state index is 10.6. The number of nitrogens with zero attached hydrogens (tertiary/aromatic N) is 2. The van der Waals surface area contributed by atoms with E-state index in [1.165, 1.54) is 0 Å². The Kier molecular flexibility index (Phi) is 3.11. The van der Waals surface area contributed by atoms with E-state index in [0.29, 0.717) is 23.7 Å². The van der Waals surface area contributed by atoms with Gasteiger partial charge >= 0.3 is 5.97 Å². The largest absolute Gasteiger partial charge is 0.481 e. The minimum absolute atomic E-state index is 0.0466. The quantitative estimate of drug-likeness (QED) is 0.775. The van der Waals surface area contributed by atoms with Gasteiger partial charge in [0.05, 0.1) is 18.7 Å². The number of hydrogen-bond acceptors (Lipinski definition) is 3. The first-order valence-corrected chi connectivity index (χ1v) is 4.43. The summed E-state index contributed by atoms with van der Waals surface area (Å²) in [5, 5.41) is 12.8. The number of hydrogen-bond donors (Lipinski definition) is 1. The molecule has 1 rings (SSSR count). The lowest BCUT2D eigenvalue weighted by atomic mass is 10.2. The van der Waals surface area contributed by atoms with E-state index in [2.05, 4.69) is 5.10 Å². The molecule has 0 saturated heterocycles. The molecule has 1 heterocycles. The molecule has 0 unspecified atom stereocenters. The molecular formula is C9H14N2O3. The highest BCUT2D eigenvalue weighted by Gasteiger charge is 2.16. The summed E-state index contributed by atoms with van der Waals surface area (Å²) in [5.74, 6) is -0.325. The van der Waals surface area contributed by atoms with Crippen LogP contribution in [0.1, 0.15) is 18.2 Å². The van der Waals surface area contributed by atoms with Crippen LogP contribution in [0.3, 0.4) is 0 Å². The van der Waals surface area contributed by atoms with E-state index in [1.807, 2.05) is 6.92 Å². The third-order valence-corrected chi connectivity index (χ3v) is 1.90. The number of aliphatic carboxylic acids is 1. The molecule has 1 aromatic heterocycles. The molecule has 14 heavy (non-hydrogen) atoms. The van der Waals surface area contributed by atoms with Gasteiger partial charge < -0.3 is 9.84 Å². The first kappa shape index (κ1) is 10.6. The van der Waals surface area contributed by atoms with Crippen molar-refractivity contribution in [2.45, 2.75) is 20.3 Å². The monoisotopic (exact) mass is 198 g/mol. The van der Waals surface area contributed by atoms with Crippen LogP contribution in [-0.4, -0.2) is 27.5 Å². The number of carbonyl (C=O) groups is 1. The first-order valence-electron chi connectivity index (χ1n) is 4.43. The Balaban J connectivity index is 3.04. The number of aromatic nitrogens is 2. The van der Waals surface area contributed by atoms with Gasteiger partial charge in [-0.25, -0.2) is 4.68 Å². The minimum atomic E-state index is -0.873. The van der Waals surface area contributed by atoms with Crippen LogP contribution < -0.4 is 4.74 Å². The minimum Gasteiger partial charge on any atom is -0.481 e. The van der Waals surface area contributed by atoms with Crippen molar-refractivity contribution in [2.24, 2.45) is 7.05 Å². The number of carboxylic acid groups (broad SMARTS) is 1. The fourth-order valence-corrected chi connectivity index (χ4v) is 1.35. The lowest BCUT2D eigenvalue weighted by Gasteiger charge is -2.04. The fourth-order valence-electron chi connectivity index (χ4n) is 1.35. The van der Waals surface area contributed by atoms with Crippen LogP contribution in [-0.2, 0) is 18.3 Å². The average Bonchev–Trinajstić information content (AvgIpc) is 2.31. The zero-order valence-electron chi connectivity index (χ0n) is 8.57. The predicted molar refractivity (Wildman–Crippen MR) is 50.5 cm³/mol. The molecule has 0 radical (unpaired) electrons. The summed E-state index contributed by atoms with van der Waals surface area (Å²) < 4.78 is 6.89. The van der Waals surface area contributed by atoms with Gasteiger partial charge in [-0.2, -0.15) is 5.10 Å². The summed E-state index contributed by atoms with van der Waals surface area (Å²) >= 11 is 0. The molecule has 0 fully saturated rings. The van der Waals surface area contributed by atoms with E-state index < -0.39 is 5.97 Å². The van der Waals surface area contributed by atoms with Crippen LogP contribution in [0.4, 0.5) is 0 Å². The highest BCUT2D eigenvalue weighted by molar-refractivity contribution is 5.71. The number of carboxylic acids is 1. The van der Waals surface area contributed by atoms with E-state index in [4.69, 9.17) is 9.84 Å². The third-order valence-electron chi connectivity index (χ3n) is 1.90. The Labute approximate surface area is 82.3 Å². The molecule has 0 aliphatic carbocycles. The van der Waals surface area contributed by atoms with E-state index in [-0.39, 0.29) is 6.42 Å². The van der Waals surface area contributed by atoms with Gasteiger partial charge in [0.1, 0.15) is 0 Å². The van der Waals surface area contributed by atoms with Gasteiger partial charge in [-0.15, -0.1) is 0 Å². The summed E-state index contributed by atoms with van der Waals surface area (Å²) in [6.45, 7) is 4.14. The third kappa shape index (κ3) is 2.04. The molecule has 0 aliphatic heterocycles. The van der Waals surface area contributed by atoms with Crippen molar-refractivity contribution in [3.8, 4) is 5.88 Å². The Hall–Kier alpha value is -1.52. The second-order valence-corrected chi connectivity index (χ2v) is 3.00. The van der Waals surface area contributed by atoms with Gasteiger partial charge in [0.25, 0.3) is 0 Å². The Bertz CT molecular complexity index is 344. The van der Waals surface area contributed by atoms with Crippen molar-refractivity contribution in [1.29, 1.82) is 0 Å². The average molecular weight is 198 g/mol. The summed E-state index contributed by atoms with van der Waals surface area (Å²) in [6.07, 6.45) is -0.0466. The summed E-state index contributed by atoms with van der Waals surface area (Å²) in [7, 11) is 1.74. The number of rotatable bonds is 4. The van der Waals surface area contributed by atoms with Crippen molar-refractivity contribution in [3.05, 3.63) is 11.3 Å². The Morgan fingerprint density at radius 1 is 1.64 bits per heavy atom. The molecule has 78 valence electrons. The summed E-state index contributed by atoms with van der Waals surface area (Å²) in [4.78, 5) is 10.6. The lowest BCUT2D eigenvalue weighted by Crippen LogP contribution is -2.05. The van der Waals surface area contributed by atoms with E-state index in [0.717, 1.165) is 0 Å². The van der Waals surface area contributed by atoms with Gasteiger partial charge in [-0.05, 0) is 13.8 Å². The van der Waals surface area contributed by atoms with Crippen molar-refractivity contribution in [3.63, 3.8) is 0 Å². The van der Waals surface area contributed by atoms with Crippen molar-refractivity contribution < 1.29 is 14.6 Å². The molecular weight excluding hydrogens is 184 g/mol. The number of ether oxygens (including phenoxy) is 1. The second-order valence-electron chi connectivity index (χ2n) is 3.00. The molecule has 0 aliphatic rings. The van der Waals surface area contributed by atoms with Gasteiger partial charge in [0.15, 0.2) is 0 Å². The van der Waals surface area contributed by atoms with Gasteiger partial charge in [0.2, 0.25) is 5.88 Å². The Morgan fingerprint density at radius 2 is 2.29 bits per heavy atom. The standard InChI is InChI=1S/C9H14N2O3/c1-4-14-9-7(5-8(12)13)6(2)10-11(9)3/h4-5H2,1-3H3,(H,12,13). The highest BCUT2D eigenvalue weighted by Crippen LogP contribution is 2.21. The van der Waals surface area contributed by atoms with Crippen LogP contribution in [0.15, 0.2) is 0 Å². The van der Waals surface area contributed by atoms with Gasteiger partial charge in [-0.1, -0.05) is 0 Å². The van der Waals surface area contributed by atoms with E-state index in [1.54, 1.807) is 18.7 Å². The maximum atomic E-state index is 10.6. The smallest absolute Gasteiger partial charge is 0.308 e. The van der Waals surface area contributed by atoms with Crippen LogP contribution in [0.2, 0.25) is 0 Å². The van der Waals surface area contributed by atoms with Crippen LogP contribution in [0.5, 0.6) is 5.88 Å². The van der Waals surface area contributed by atoms with E-state index >= 15 is 0 Å². The maximum Gasteiger partial charge on any atom is 0.308 e. The second kappa shape index (κ2) is 4.13. The lowest BCUT2D eigenvalue weighted by molar-refractivity contribution is -0.136. The van der Waals surface area contributed by atoms with Gasteiger partial charge in [-0.3, -0.25) is 4.79 Å². The first-order chi connectivity index (χ1) is 6.56. The molecule has 1 N–H and O–H groups in total. The molecule has 0 bridgehead atoms. The molecule has 0 atom stereocenters. The molecule has 5 heteroatoms. The molecule has 0 amide bonds. The summed E-state index contributed by atoms with van der Waals surface area (Å²) in [6, 6.07) is 0. The van der Waals surface area contributed by atoms with Crippen molar-refractivity contribution >= 4 is 5.97 Å². The molecule has 5 nitrogen and oxygen atoms in total. The van der Waals surface area contributed by atoms with E-state index in [9.17, 15) is 4.79 Å². The van der Waals surface area contributed by atoms with Gasteiger partial charge in [0, 0.05) is 12.6 Å². The Morgan fingerprint density at radius 3 is 2.79 bits per heavy atom. The van der Waals surface area contributed by atoms with Crippen LogP contribution in [0, 0.1) is 6.92 Å². The SMILES string of the molecule is CCOc1c(CC(=O)O)c(C)nn1C. The highest BCUT2D eigenvalue weighted by atomic mass is 16.5. The fraction of sp³-hybridized carbons (Fsp3) is 0.556.